The molecule has 0 amide bonds. The van der Waals surface area contributed by atoms with Crippen molar-refractivity contribution in [2.24, 2.45) is 0 Å². The van der Waals surface area contributed by atoms with Crippen LogP contribution in [0.2, 0.25) is 0 Å². The average Bonchev–Trinajstić information content (AvgIpc) is 3.09. The molecular formula is C41H32N2. The van der Waals surface area contributed by atoms with E-state index in [9.17, 15) is 0 Å². The maximum Gasteiger partial charge on any atom is 0.0467 e. The van der Waals surface area contributed by atoms with Gasteiger partial charge in [0.1, 0.15) is 0 Å². The maximum absolute atomic E-state index is 2.32. The van der Waals surface area contributed by atoms with Gasteiger partial charge in [0.15, 0.2) is 0 Å². The van der Waals surface area contributed by atoms with Crippen LogP contribution in [-0.2, 0) is 0 Å². The molecule has 0 aliphatic carbocycles. The lowest BCUT2D eigenvalue weighted by Crippen LogP contribution is -2.10. The van der Waals surface area contributed by atoms with E-state index in [1.54, 1.807) is 0 Å². The topological polar surface area (TPSA) is 6.48 Å². The molecular weight excluding hydrogens is 520 g/mol. The van der Waals surface area contributed by atoms with Crippen molar-refractivity contribution in [3.05, 3.63) is 176 Å². The molecule has 206 valence electrons. The molecule has 43 heavy (non-hydrogen) atoms. The number of nitrogens with zero attached hydrogens (tertiary/aromatic N) is 2. The molecule has 7 aromatic carbocycles. The molecule has 0 radical (unpaired) electrons. The van der Waals surface area contributed by atoms with E-state index in [0.29, 0.717) is 0 Å². The second-order valence-corrected chi connectivity index (χ2v) is 10.8. The lowest BCUT2D eigenvalue weighted by molar-refractivity contribution is 1.21. The second-order valence-electron chi connectivity index (χ2n) is 10.8. The predicted octanol–water partition coefficient (Wildman–Crippen LogP) is 11.4. The van der Waals surface area contributed by atoms with E-state index in [1.165, 1.54) is 38.7 Å². The maximum atomic E-state index is 2.32. The van der Waals surface area contributed by atoms with Gasteiger partial charge >= 0.3 is 0 Å². The molecule has 0 saturated heterocycles. The first-order valence-corrected chi connectivity index (χ1v) is 14.7. The lowest BCUT2D eigenvalue weighted by Gasteiger charge is -2.26. The summed E-state index contributed by atoms with van der Waals surface area (Å²) in [7, 11) is 2.12. The lowest BCUT2D eigenvalue weighted by atomic mass is 10.0. The molecule has 2 heteroatoms. The summed E-state index contributed by atoms with van der Waals surface area (Å²) in [4.78, 5) is 4.55. The third-order valence-electron chi connectivity index (χ3n) is 8.06. The zero-order valence-electron chi connectivity index (χ0n) is 24.1. The quantitative estimate of drug-likeness (QED) is 0.194. The van der Waals surface area contributed by atoms with Gasteiger partial charge in [0, 0.05) is 35.5 Å². The molecule has 0 aliphatic rings. The average molecular weight is 553 g/mol. The third kappa shape index (κ3) is 5.51. The summed E-state index contributed by atoms with van der Waals surface area (Å²) in [5.74, 6) is 0. The van der Waals surface area contributed by atoms with Crippen molar-refractivity contribution in [2.45, 2.75) is 0 Å². The van der Waals surface area contributed by atoms with Gasteiger partial charge in [0.2, 0.25) is 0 Å². The monoisotopic (exact) mass is 552 g/mol. The molecule has 7 aromatic rings. The van der Waals surface area contributed by atoms with Crippen LogP contribution in [0, 0.1) is 0 Å². The van der Waals surface area contributed by atoms with E-state index in [-0.39, 0.29) is 0 Å². The number of anilines is 5. The predicted molar refractivity (Wildman–Crippen MR) is 184 cm³/mol. The van der Waals surface area contributed by atoms with Gasteiger partial charge in [0.05, 0.1) is 0 Å². The Labute approximate surface area is 253 Å². The summed E-state index contributed by atoms with van der Waals surface area (Å²) in [5, 5.41) is 2.51. The molecule has 0 atom stereocenters. The van der Waals surface area contributed by atoms with E-state index in [0.717, 1.165) is 22.7 Å². The highest BCUT2D eigenvalue weighted by molar-refractivity contribution is 5.87. The number of para-hydroxylation sites is 1. The van der Waals surface area contributed by atoms with Crippen LogP contribution in [0.1, 0.15) is 0 Å². The summed E-state index contributed by atoms with van der Waals surface area (Å²) in [6.45, 7) is 0. The van der Waals surface area contributed by atoms with Crippen LogP contribution in [0.3, 0.4) is 0 Å². The molecule has 0 unspecified atom stereocenters. The number of hydrogen-bond donors (Lipinski definition) is 0. The van der Waals surface area contributed by atoms with E-state index in [2.05, 4.69) is 193 Å². The van der Waals surface area contributed by atoms with Crippen molar-refractivity contribution in [1.29, 1.82) is 0 Å². The fourth-order valence-electron chi connectivity index (χ4n) is 5.69. The Morgan fingerprint density at radius 2 is 0.791 bits per heavy atom. The third-order valence-corrected chi connectivity index (χ3v) is 8.06. The van der Waals surface area contributed by atoms with Crippen LogP contribution in [-0.4, -0.2) is 7.05 Å². The molecule has 0 fully saturated rings. The van der Waals surface area contributed by atoms with Crippen LogP contribution in [0.4, 0.5) is 28.4 Å². The Kier molecular flexibility index (Phi) is 7.17. The molecule has 0 heterocycles. The fourth-order valence-corrected chi connectivity index (χ4v) is 5.69. The van der Waals surface area contributed by atoms with Crippen molar-refractivity contribution in [3.8, 4) is 22.3 Å². The van der Waals surface area contributed by atoms with Crippen LogP contribution in [0.25, 0.3) is 33.0 Å². The minimum absolute atomic E-state index is 1.12. The molecule has 0 spiro atoms. The standard InChI is InChI=1S/C41H32N2/c1-42(40-28-23-32-13-8-9-14-35(32)29-40)37-24-19-33(20-25-37)34-21-26-39(27-22-34)43(38-16-6-3-7-17-38)41-18-10-15-36(30-41)31-11-4-2-5-12-31/h2-30H,1H3. The normalized spacial score (nSPS) is 10.9. The van der Waals surface area contributed by atoms with Gasteiger partial charge in [-0.1, -0.05) is 115 Å². The van der Waals surface area contributed by atoms with Crippen molar-refractivity contribution < 1.29 is 0 Å². The largest absolute Gasteiger partial charge is 0.345 e. The number of hydrogen-bond acceptors (Lipinski definition) is 2. The highest BCUT2D eigenvalue weighted by atomic mass is 15.1. The van der Waals surface area contributed by atoms with Crippen molar-refractivity contribution in [1.82, 2.24) is 0 Å². The van der Waals surface area contributed by atoms with Gasteiger partial charge in [-0.25, -0.2) is 0 Å². The minimum atomic E-state index is 1.12. The molecule has 7 rings (SSSR count). The summed E-state index contributed by atoms with van der Waals surface area (Å²) in [6.07, 6.45) is 0. The molecule has 0 N–H and O–H groups in total. The van der Waals surface area contributed by atoms with Crippen LogP contribution in [0.15, 0.2) is 176 Å². The summed E-state index contributed by atoms with van der Waals surface area (Å²) < 4.78 is 0. The molecule has 0 aromatic heterocycles. The van der Waals surface area contributed by atoms with Gasteiger partial charge in [-0.3, -0.25) is 0 Å². The molecule has 0 aliphatic heterocycles. The Morgan fingerprint density at radius 1 is 0.302 bits per heavy atom. The highest BCUT2D eigenvalue weighted by Gasteiger charge is 2.14. The smallest absolute Gasteiger partial charge is 0.0467 e. The zero-order chi connectivity index (χ0) is 29.0. The van der Waals surface area contributed by atoms with Crippen molar-refractivity contribution in [3.63, 3.8) is 0 Å². The fraction of sp³-hybridized carbons (Fsp3) is 0.0244. The second kappa shape index (κ2) is 11.7. The van der Waals surface area contributed by atoms with Crippen LogP contribution in [0.5, 0.6) is 0 Å². The van der Waals surface area contributed by atoms with Gasteiger partial charge in [0.25, 0.3) is 0 Å². The Balaban J connectivity index is 1.17. The number of rotatable bonds is 7. The Morgan fingerprint density at radius 3 is 1.49 bits per heavy atom. The summed E-state index contributed by atoms with van der Waals surface area (Å²) >= 11 is 0. The highest BCUT2D eigenvalue weighted by Crippen LogP contribution is 2.37. The first kappa shape index (κ1) is 26.3. The molecule has 0 bridgehead atoms. The first-order chi connectivity index (χ1) is 21.2. The van der Waals surface area contributed by atoms with Gasteiger partial charge in [-0.2, -0.15) is 0 Å². The number of fused-ring (bicyclic) bond motifs is 1. The van der Waals surface area contributed by atoms with Crippen molar-refractivity contribution in [2.75, 3.05) is 16.8 Å². The van der Waals surface area contributed by atoms with E-state index < -0.39 is 0 Å². The minimum Gasteiger partial charge on any atom is -0.345 e. The SMILES string of the molecule is CN(c1ccc(-c2ccc(N(c3ccccc3)c3cccc(-c4ccccc4)c3)cc2)cc1)c1ccc2ccccc2c1. The molecule has 2 nitrogen and oxygen atoms in total. The van der Waals surface area contributed by atoms with Crippen LogP contribution < -0.4 is 9.80 Å². The zero-order valence-corrected chi connectivity index (χ0v) is 24.1. The Bertz CT molecular complexity index is 1960. The van der Waals surface area contributed by atoms with E-state index >= 15 is 0 Å². The summed E-state index contributed by atoms with van der Waals surface area (Å²) in [5.41, 5.74) is 10.5. The molecule has 0 saturated carbocycles. The van der Waals surface area contributed by atoms with Gasteiger partial charge < -0.3 is 9.80 Å². The summed E-state index contributed by atoms with van der Waals surface area (Å²) in [6, 6.07) is 62.7. The Hall–Kier alpha value is -5.60. The van der Waals surface area contributed by atoms with Gasteiger partial charge in [-0.15, -0.1) is 0 Å². The van der Waals surface area contributed by atoms with Crippen LogP contribution >= 0.6 is 0 Å². The number of benzene rings is 7. The van der Waals surface area contributed by atoms with E-state index in [1.807, 2.05) is 0 Å². The first-order valence-electron chi connectivity index (χ1n) is 14.7. The van der Waals surface area contributed by atoms with Crippen molar-refractivity contribution >= 4 is 39.2 Å². The van der Waals surface area contributed by atoms with E-state index in [4.69, 9.17) is 0 Å². The van der Waals surface area contributed by atoms with Gasteiger partial charge in [-0.05, 0) is 93.7 Å².